The molecule has 0 bridgehead atoms. The molecule has 1 N–H and O–H groups in total. The van der Waals surface area contributed by atoms with Gasteiger partial charge in [0.25, 0.3) is 5.91 Å². The number of hydrogen-bond donors (Lipinski definition) is 1. The van der Waals surface area contributed by atoms with Gasteiger partial charge >= 0.3 is 0 Å². The lowest BCUT2D eigenvalue weighted by atomic mass is 9.89. The maximum atomic E-state index is 13.0. The van der Waals surface area contributed by atoms with Crippen molar-refractivity contribution in [2.45, 2.75) is 31.4 Å². The van der Waals surface area contributed by atoms with Gasteiger partial charge in [-0.2, -0.15) is 0 Å². The van der Waals surface area contributed by atoms with Crippen molar-refractivity contribution in [2.24, 2.45) is 0 Å². The van der Waals surface area contributed by atoms with Crippen molar-refractivity contribution in [3.05, 3.63) is 33.3 Å². The van der Waals surface area contributed by atoms with Crippen LogP contribution in [0, 0.1) is 0 Å². The van der Waals surface area contributed by atoms with Crippen LogP contribution in [0.3, 0.4) is 0 Å². The third kappa shape index (κ3) is 2.85. The summed E-state index contributed by atoms with van der Waals surface area (Å²) in [5.74, 6) is 0.0770. The van der Waals surface area contributed by atoms with Crippen LogP contribution in [0.2, 0.25) is 10.0 Å². The summed E-state index contributed by atoms with van der Waals surface area (Å²) in [6.45, 7) is 2.82. The molecule has 1 aromatic rings. The van der Waals surface area contributed by atoms with E-state index < -0.39 is 5.60 Å². The SMILES string of the molecule is COC1(C(=O)N2CCc3cc(Cl)cc(Cl)c3C2)CCNCC1. The first-order chi connectivity index (χ1) is 10.6. The predicted octanol–water partition coefficient (Wildman–Crippen LogP) is 2.65. The van der Waals surface area contributed by atoms with Gasteiger partial charge in [-0.15, -0.1) is 0 Å². The number of ether oxygens (including phenoxy) is 1. The van der Waals surface area contributed by atoms with E-state index in [-0.39, 0.29) is 5.91 Å². The fraction of sp³-hybridized carbons (Fsp3) is 0.562. The number of fused-ring (bicyclic) bond motifs is 1. The number of nitrogens with one attached hydrogen (secondary N) is 1. The lowest BCUT2D eigenvalue weighted by Crippen LogP contribution is -2.56. The van der Waals surface area contributed by atoms with Crippen LogP contribution in [-0.4, -0.2) is 43.2 Å². The molecule has 2 heterocycles. The summed E-state index contributed by atoms with van der Waals surface area (Å²) in [4.78, 5) is 14.9. The number of benzene rings is 1. The Hall–Kier alpha value is -0.810. The zero-order chi connectivity index (χ0) is 15.7. The maximum Gasteiger partial charge on any atom is 0.255 e. The van der Waals surface area contributed by atoms with E-state index >= 15 is 0 Å². The van der Waals surface area contributed by atoms with Crippen molar-refractivity contribution in [3.8, 4) is 0 Å². The normalized spacial score (nSPS) is 20.6. The molecule has 0 radical (unpaired) electrons. The van der Waals surface area contributed by atoms with Crippen molar-refractivity contribution in [1.82, 2.24) is 10.2 Å². The smallest absolute Gasteiger partial charge is 0.255 e. The number of halogens is 2. The number of carbonyl (C=O) groups excluding carboxylic acids is 1. The molecule has 0 aromatic heterocycles. The van der Waals surface area contributed by atoms with Gasteiger partial charge in [-0.05, 0) is 55.6 Å². The van der Waals surface area contributed by atoms with Gasteiger partial charge in [-0.3, -0.25) is 4.79 Å². The Labute approximate surface area is 140 Å². The van der Waals surface area contributed by atoms with Crippen LogP contribution in [0.15, 0.2) is 12.1 Å². The highest BCUT2D eigenvalue weighted by Gasteiger charge is 2.43. The summed E-state index contributed by atoms with van der Waals surface area (Å²) in [6, 6.07) is 3.69. The number of hydrogen-bond acceptors (Lipinski definition) is 3. The second-order valence-electron chi connectivity index (χ2n) is 5.95. The highest BCUT2D eigenvalue weighted by molar-refractivity contribution is 6.35. The standard InChI is InChI=1S/C16H20Cl2N2O2/c1-22-16(3-5-19-6-4-16)15(21)20-7-2-11-8-12(17)9-14(18)13(11)10-20/h8-9,19H,2-7,10H2,1H3. The first kappa shape index (κ1) is 16.1. The van der Waals surface area contributed by atoms with Gasteiger partial charge in [-0.25, -0.2) is 0 Å². The molecule has 0 spiro atoms. The molecule has 22 heavy (non-hydrogen) atoms. The lowest BCUT2D eigenvalue weighted by molar-refractivity contribution is -0.159. The number of amides is 1. The number of piperidine rings is 1. The molecular weight excluding hydrogens is 323 g/mol. The van der Waals surface area contributed by atoms with Gasteiger partial charge in [0.1, 0.15) is 5.60 Å². The van der Waals surface area contributed by atoms with E-state index in [2.05, 4.69) is 5.32 Å². The Kier molecular flexibility index (Phi) is 4.64. The second-order valence-corrected chi connectivity index (χ2v) is 6.79. The first-order valence-electron chi connectivity index (χ1n) is 7.58. The maximum absolute atomic E-state index is 13.0. The van der Waals surface area contributed by atoms with E-state index in [9.17, 15) is 4.79 Å². The molecule has 0 aliphatic carbocycles. The highest BCUT2D eigenvalue weighted by Crippen LogP contribution is 2.32. The number of methoxy groups -OCH3 is 1. The summed E-state index contributed by atoms with van der Waals surface area (Å²) in [7, 11) is 1.63. The zero-order valence-corrected chi connectivity index (χ0v) is 14.1. The van der Waals surface area contributed by atoms with Gasteiger partial charge in [0.05, 0.1) is 0 Å². The summed E-state index contributed by atoms with van der Waals surface area (Å²) in [6.07, 6.45) is 2.19. The minimum Gasteiger partial charge on any atom is -0.368 e. The Morgan fingerprint density at radius 3 is 2.73 bits per heavy atom. The monoisotopic (exact) mass is 342 g/mol. The Bertz CT molecular complexity index is 586. The van der Waals surface area contributed by atoms with Gasteiger partial charge in [0.2, 0.25) is 0 Å². The quantitative estimate of drug-likeness (QED) is 0.898. The van der Waals surface area contributed by atoms with Crippen LogP contribution in [0.4, 0.5) is 0 Å². The van der Waals surface area contributed by atoms with Crippen LogP contribution in [0.25, 0.3) is 0 Å². The highest BCUT2D eigenvalue weighted by atomic mass is 35.5. The van der Waals surface area contributed by atoms with E-state index in [1.807, 2.05) is 11.0 Å². The molecule has 4 nitrogen and oxygen atoms in total. The van der Waals surface area contributed by atoms with Crippen molar-refractivity contribution in [1.29, 1.82) is 0 Å². The molecule has 1 saturated heterocycles. The summed E-state index contributed by atoms with van der Waals surface area (Å²) >= 11 is 12.4. The minimum atomic E-state index is -0.693. The predicted molar refractivity (Wildman–Crippen MR) is 87.4 cm³/mol. The average molecular weight is 343 g/mol. The van der Waals surface area contributed by atoms with Gasteiger partial charge in [-0.1, -0.05) is 23.2 Å². The lowest BCUT2D eigenvalue weighted by Gasteiger charge is -2.40. The van der Waals surface area contributed by atoms with Gasteiger partial charge in [0.15, 0.2) is 0 Å². The van der Waals surface area contributed by atoms with E-state index in [1.165, 1.54) is 0 Å². The van der Waals surface area contributed by atoms with E-state index in [0.29, 0.717) is 36.0 Å². The fourth-order valence-corrected chi connectivity index (χ4v) is 3.98. The fourth-order valence-electron chi connectivity index (χ4n) is 3.38. The first-order valence-corrected chi connectivity index (χ1v) is 8.33. The Balaban J connectivity index is 1.83. The Morgan fingerprint density at radius 2 is 2.05 bits per heavy atom. The molecule has 0 unspecified atom stereocenters. The topological polar surface area (TPSA) is 41.6 Å². The van der Waals surface area contributed by atoms with Gasteiger partial charge in [0, 0.05) is 30.2 Å². The third-order valence-corrected chi connectivity index (χ3v) is 5.29. The average Bonchev–Trinajstić information content (AvgIpc) is 2.54. The largest absolute Gasteiger partial charge is 0.368 e. The molecule has 2 aliphatic heterocycles. The van der Waals surface area contributed by atoms with Crippen molar-refractivity contribution in [3.63, 3.8) is 0 Å². The third-order valence-electron chi connectivity index (χ3n) is 4.73. The molecular formula is C16H20Cl2N2O2. The van der Waals surface area contributed by atoms with Crippen LogP contribution in [0.5, 0.6) is 0 Å². The molecule has 6 heteroatoms. The molecule has 1 amide bonds. The van der Waals surface area contributed by atoms with Crippen LogP contribution in [-0.2, 0) is 22.5 Å². The molecule has 0 saturated carbocycles. The number of nitrogens with zero attached hydrogens (tertiary/aromatic N) is 1. The van der Waals surface area contributed by atoms with Crippen molar-refractivity contribution in [2.75, 3.05) is 26.7 Å². The summed E-state index contributed by atoms with van der Waals surface area (Å²) in [5.41, 5.74) is 1.45. The summed E-state index contributed by atoms with van der Waals surface area (Å²) < 4.78 is 5.65. The molecule has 0 atom stereocenters. The molecule has 1 fully saturated rings. The summed E-state index contributed by atoms with van der Waals surface area (Å²) in [5, 5.41) is 4.56. The Morgan fingerprint density at radius 1 is 1.32 bits per heavy atom. The molecule has 1 aromatic carbocycles. The molecule has 2 aliphatic rings. The number of rotatable bonds is 2. The number of carbonyl (C=O) groups is 1. The van der Waals surface area contributed by atoms with Crippen LogP contribution >= 0.6 is 23.2 Å². The minimum absolute atomic E-state index is 0.0770. The van der Waals surface area contributed by atoms with E-state index in [0.717, 1.165) is 30.6 Å². The molecule has 120 valence electrons. The van der Waals surface area contributed by atoms with Crippen molar-refractivity contribution < 1.29 is 9.53 Å². The van der Waals surface area contributed by atoms with Crippen LogP contribution in [0.1, 0.15) is 24.0 Å². The van der Waals surface area contributed by atoms with Crippen LogP contribution < -0.4 is 5.32 Å². The van der Waals surface area contributed by atoms with Gasteiger partial charge < -0.3 is 15.0 Å². The van der Waals surface area contributed by atoms with E-state index in [4.69, 9.17) is 27.9 Å². The second kappa shape index (κ2) is 6.36. The zero-order valence-electron chi connectivity index (χ0n) is 12.6. The van der Waals surface area contributed by atoms with E-state index in [1.54, 1.807) is 13.2 Å². The van der Waals surface area contributed by atoms with Crippen molar-refractivity contribution >= 4 is 29.1 Å². The molecule has 3 rings (SSSR count).